The number of aromatic nitrogens is 2. The molecule has 3 rings (SSSR count). The van der Waals surface area contributed by atoms with Crippen molar-refractivity contribution in [2.45, 2.75) is 32.9 Å². The molecule has 0 saturated heterocycles. The fourth-order valence-electron chi connectivity index (χ4n) is 2.94. The molecule has 30 heavy (non-hydrogen) atoms. The zero-order valence-electron chi connectivity index (χ0n) is 17.0. The van der Waals surface area contributed by atoms with E-state index >= 15 is 0 Å². The summed E-state index contributed by atoms with van der Waals surface area (Å²) in [5.74, 6) is -0.554. The number of rotatable bonds is 7. The lowest BCUT2D eigenvalue weighted by molar-refractivity contribution is -0.153. The Bertz CT molecular complexity index is 1140. The van der Waals surface area contributed by atoms with Crippen molar-refractivity contribution in [1.82, 2.24) is 9.55 Å². The van der Waals surface area contributed by atoms with Gasteiger partial charge in [0.15, 0.2) is 6.10 Å². The van der Waals surface area contributed by atoms with Crippen LogP contribution in [0.2, 0.25) is 0 Å². The number of amides is 1. The van der Waals surface area contributed by atoms with Gasteiger partial charge in [0.1, 0.15) is 5.75 Å². The number of para-hydroxylation sites is 1. The summed E-state index contributed by atoms with van der Waals surface area (Å²) in [6, 6.07) is 12.4. The smallest absolute Gasteiger partial charge is 0.308 e. The second kappa shape index (κ2) is 9.21. The van der Waals surface area contributed by atoms with Gasteiger partial charge in [-0.2, -0.15) is 0 Å². The summed E-state index contributed by atoms with van der Waals surface area (Å²) in [5.41, 5.74) is 1.81. The highest BCUT2D eigenvalue weighted by Crippen LogP contribution is 2.25. The number of methoxy groups -OCH3 is 1. The van der Waals surface area contributed by atoms with Crippen LogP contribution in [0.1, 0.15) is 18.9 Å². The normalized spacial score (nSPS) is 11.7. The van der Waals surface area contributed by atoms with Crippen molar-refractivity contribution < 1.29 is 19.1 Å². The van der Waals surface area contributed by atoms with Crippen LogP contribution in [0.15, 0.2) is 53.6 Å². The number of esters is 1. The highest BCUT2D eigenvalue weighted by atomic mass is 16.5. The molecule has 0 aliphatic heterocycles. The van der Waals surface area contributed by atoms with Crippen LogP contribution < -0.4 is 15.6 Å². The lowest BCUT2D eigenvalue weighted by Gasteiger charge is -2.16. The van der Waals surface area contributed by atoms with E-state index < -0.39 is 18.0 Å². The average Bonchev–Trinajstić information content (AvgIpc) is 2.73. The quantitative estimate of drug-likeness (QED) is 0.603. The number of aryl methyl sites for hydroxylation is 2. The Kier molecular flexibility index (Phi) is 6.46. The predicted octanol–water partition coefficient (Wildman–Crippen LogP) is 2.67. The van der Waals surface area contributed by atoms with Crippen LogP contribution in [0.3, 0.4) is 0 Å². The highest BCUT2D eigenvalue weighted by molar-refractivity contribution is 5.96. The number of hydrogen-bond acceptors (Lipinski definition) is 6. The van der Waals surface area contributed by atoms with E-state index in [0.29, 0.717) is 22.3 Å². The van der Waals surface area contributed by atoms with Gasteiger partial charge in [-0.05, 0) is 43.7 Å². The lowest BCUT2D eigenvalue weighted by atomic mass is 10.2. The SMILES string of the molecule is COc1ccc(C)cc1NC(=O)C(C)OC(=O)CCn1cnc2ccccc2c1=O. The Balaban J connectivity index is 1.58. The highest BCUT2D eigenvalue weighted by Gasteiger charge is 2.19. The molecule has 0 bridgehead atoms. The van der Waals surface area contributed by atoms with Gasteiger partial charge in [0, 0.05) is 6.54 Å². The number of hydrogen-bond donors (Lipinski definition) is 1. The van der Waals surface area contributed by atoms with Crippen molar-refractivity contribution in [3.8, 4) is 5.75 Å². The molecule has 8 heteroatoms. The molecule has 0 aliphatic carbocycles. The molecular weight excluding hydrogens is 386 g/mol. The van der Waals surface area contributed by atoms with Crippen molar-refractivity contribution in [1.29, 1.82) is 0 Å². The molecule has 1 heterocycles. The number of carbonyl (C=O) groups excluding carboxylic acids is 2. The van der Waals surface area contributed by atoms with E-state index in [1.165, 1.54) is 24.9 Å². The summed E-state index contributed by atoms with van der Waals surface area (Å²) in [4.78, 5) is 41.2. The van der Waals surface area contributed by atoms with E-state index in [4.69, 9.17) is 9.47 Å². The molecule has 1 amide bonds. The van der Waals surface area contributed by atoms with Crippen LogP contribution in [-0.2, 0) is 20.9 Å². The van der Waals surface area contributed by atoms with E-state index in [2.05, 4.69) is 10.3 Å². The Morgan fingerprint density at radius 2 is 1.97 bits per heavy atom. The Morgan fingerprint density at radius 1 is 1.20 bits per heavy atom. The van der Waals surface area contributed by atoms with Crippen molar-refractivity contribution in [2.75, 3.05) is 12.4 Å². The zero-order valence-corrected chi connectivity index (χ0v) is 17.0. The number of anilines is 1. The molecule has 3 aromatic rings. The maximum Gasteiger partial charge on any atom is 0.308 e. The molecular formula is C22H23N3O5. The van der Waals surface area contributed by atoms with E-state index in [9.17, 15) is 14.4 Å². The first-order valence-corrected chi connectivity index (χ1v) is 9.48. The minimum absolute atomic E-state index is 0.0642. The minimum Gasteiger partial charge on any atom is -0.495 e. The van der Waals surface area contributed by atoms with E-state index in [-0.39, 0.29) is 18.5 Å². The summed E-state index contributed by atoms with van der Waals surface area (Å²) in [6.45, 7) is 3.48. The molecule has 1 aromatic heterocycles. The molecule has 0 aliphatic rings. The first kappa shape index (κ1) is 21.0. The molecule has 0 saturated carbocycles. The van der Waals surface area contributed by atoms with E-state index in [0.717, 1.165) is 5.56 Å². The Hall–Kier alpha value is -3.68. The third kappa shape index (κ3) is 4.83. The van der Waals surface area contributed by atoms with Gasteiger partial charge < -0.3 is 14.8 Å². The lowest BCUT2D eigenvalue weighted by Crippen LogP contribution is -2.31. The van der Waals surface area contributed by atoms with Gasteiger partial charge in [0.2, 0.25) is 0 Å². The Morgan fingerprint density at radius 3 is 2.73 bits per heavy atom. The molecule has 1 N–H and O–H groups in total. The molecule has 8 nitrogen and oxygen atoms in total. The maximum absolute atomic E-state index is 12.5. The molecule has 0 fully saturated rings. The fraction of sp³-hybridized carbons (Fsp3) is 0.273. The first-order valence-electron chi connectivity index (χ1n) is 9.48. The van der Waals surface area contributed by atoms with Crippen molar-refractivity contribution in [2.24, 2.45) is 0 Å². The van der Waals surface area contributed by atoms with Gasteiger partial charge in [0.05, 0.1) is 36.4 Å². The number of nitrogens with zero attached hydrogens (tertiary/aromatic N) is 2. The molecule has 0 radical (unpaired) electrons. The Labute approximate surface area is 173 Å². The molecule has 156 valence electrons. The number of carbonyl (C=O) groups is 2. The maximum atomic E-state index is 12.5. The molecule has 0 spiro atoms. The van der Waals surface area contributed by atoms with Crippen molar-refractivity contribution in [3.05, 3.63) is 64.7 Å². The number of benzene rings is 2. The largest absolute Gasteiger partial charge is 0.495 e. The molecule has 2 aromatic carbocycles. The molecule has 1 atom stereocenters. The summed E-state index contributed by atoms with van der Waals surface area (Å²) >= 11 is 0. The van der Waals surface area contributed by atoms with Crippen molar-refractivity contribution >= 4 is 28.5 Å². The second-order valence-corrected chi connectivity index (χ2v) is 6.84. The van der Waals surface area contributed by atoms with Gasteiger partial charge in [0.25, 0.3) is 11.5 Å². The van der Waals surface area contributed by atoms with E-state index in [1.54, 1.807) is 36.4 Å². The summed E-state index contributed by atoms with van der Waals surface area (Å²) in [5, 5.41) is 3.18. The van der Waals surface area contributed by atoms with Crippen LogP contribution in [0.4, 0.5) is 5.69 Å². The standard InChI is InChI=1S/C22H23N3O5/c1-14-8-9-19(29-3)18(12-14)24-21(27)15(2)30-20(26)10-11-25-13-23-17-7-5-4-6-16(17)22(25)28/h4-9,12-13,15H,10-11H2,1-3H3,(H,24,27). The predicted molar refractivity (Wildman–Crippen MR) is 113 cm³/mol. The second-order valence-electron chi connectivity index (χ2n) is 6.84. The van der Waals surface area contributed by atoms with Gasteiger partial charge >= 0.3 is 5.97 Å². The van der Waals surface area contributed by atoms with Gasteiger partial charge in [-0.25, -0.2) is 4.98 Å². The zero-order chi connectivity index (χ0) is 21.7. The summed E-state index contributed by atoms with van der Waals surface area (Å²) in [7, 11) is 1.51. The topological polar surface area (TPSA) is 99.5 Å². The molecule has 1 unspecified atom stereocenters. The van der Waals surface area contributed by atoms with Gasteiger partial charge in [-0.15, -0.1) is 0 Å². The van der Waals surface area contributed by atoms with Gasteiger partial charge in [-0.3, -0.25) is 19.0 Å². The summed E-state index contributed by atoms with van der Waals surface area (Å²) in [6.07, 6.45) is 0.331. The van der Waals surface area contributed by atoms with E-state index in [1.807, 2.05) is 13.0 Å². The van der Waals surface area contributed by atoms with Crippen molar-refractivity contribution in [3.63, 3.8) is 0 Å². The summed E-state index contributed by atoms with van der Waals surface area (Å²) < 4.78 is 11.8. The monoisotopic (exact) mass is 409 g/mol. The van der Waals surface area contributed by atoms with Crippen LogP contribution in [0, 0.1) is 6.92 Å². The average molecular weight is 409 g/mol. The number of fused-ring (bicyclic) bond motifs is 1. The van der Waals surface area contributed by atoms with Crippen LogP contribution in [0.25, 0.3) is 10.9 Å². The fourth-order valence-corrected chi connectivity index (χ4v) is 2.94. The van der Waals surface area contributed by atoms with Crippen LogP contribution in [0.5, 0.6) is 5.75 Å². The van der Waals surface area contributed by atoms with Crippen LogP contribution >= 0.6 is 0 Å². The third-order valence-corrected chi connectivity index (χ3v) is 4.58. The van der Waals surface area contributed by atoms with Gasteiger partial charge in [-0.1, -0.05) is 18.2 Å². The van der Waals surface area contributed by atoms with Crippen LogP contribution in [-0.4, -0.2) is 34.6 Å². The first-order chi connectivity index (χ1) is 14.4. The number of ether oxygens (including phenoxy) is 2. The number of nitrogens with one attached hydrogen (secondary N) is 1. The third-order valence-electron chi connectivity index (χ3n) is 4.58. The minimum atomic E-state index is -1.01.